The molecule has 1 aromatic rings. The first kappa shape index (κ1) is 14.5. The number of hydrogen-bond acceptors (Lipinski definition) is 3. The highest BCUT2D eigenvalue weighted by Crippen LogP contribution is 2.08. The molecule has 0 saturated carbocycles. The minimum Gasteiger partial charge on any atom is -0.478 e. The van der Waals surface area contributed by atoms with Crippen molar-refractivity contribution in [3.8, 4) is 0 Å². The second-order valence-corrected chi connectivity index (χ2v) is 3.18. The van der Waals surface area contributed by atoms with Crippen LogP contribution >= 0.6 is 11.6 Å². The maximum atomic E-state index is 10.3. The fourth-order valence-electron chi connectivity index (χ4n) is 0.737. The number of carboxylic acid groups (broad SMARTS) is 1. The van der Waals surface area contributed by atoms with E-state index in [1.807, 2.05) is 0 Å². The maximum Gasteiger partial charge on any atom is 0.335 e. The summed E-state index contributed by atoms with van der Waals surface area (Å²) in [4.78, 5) is 20.2. The molecular weight excluding hydrogens is 232 g/mol. The van der Waals surface area contributed by atoms with Crippen molar-refractivity contribution in [2.75, 3.05) is 7.11 Å². The molecule has 0 spiro atoms. The molecule has 1 aromatic carbocycles. The fraction of sp³-hybridized carbons (Fsp3) is 0.273. The Bertz CT molecular complexity index is 340. The smallest absolute Gasteiger partial charge is 0.335 e. The fourth-order valence-corrected chi connectivity index (χ4v) is 0.863. The summed E-state index contributed by atoms with van der Waals surface area (Å²) in [7, 11) is 1.38. The molecule has 5 heteroatoms. The van der Waals surface area contributed by atoms with E-state index in [2.05, 4.69) is 4.74 Å². The summed E-state index contributed by atoms with van der Waals surface area (Å²) < 4.78 is 4.26. The van der Waals surface area contributed by atoms with E-state index in [0.29, 0.717) is 11.4 Å². The van der Waals surface area contributed by atoms with E-state index in [0.717, 1.165) is 0 Å². The number of hydrogen-bond donors (Lipinski definition) is 1. The molecule has 0 aliphatic heterocycles. The average molecular weight is 245 g/mol. The van der Waals surface area contributed by atoms with E-state index in [9.17, 15) is 9.59 Å². The molecule has 0 fully saturated rings. The van der Waals surface area contributed by atoms with Gasteiger partial charge in [-0.05, 0) is 24.3 Å². The number of esters is 1. The molecular formula is C11H13ClO4. The van der Waals surface area contributed by atoms with Crippen LogP contribution in [0.1, 0.15) is 23.7 Å². The molecule has 1 rings (SSSR count). The van der Waals surface area contributed by atoms with E-state index in [1.54, 1.807) is 19.1 Å². The molecule has 0 aliphatic carbocycles. The van der Waals surface area contributed by atoms with E-state index in [1.165, 1.54) is 19.2 Å². The third-order valence-corrected chi connectivity index (χ3v) is 1.86. The largest absolute Gasteiger partial charge is 0.478 e. The van der Waals surface area contributed by atoms with Gasteiger partial charge in [-0.3, -0.25) is 4.79 Å². The number of halogens is 1. The van der Waals surface area contributed by atoms with Gasteiger partial charge in [0.2, 0.25) is 0 Å². The molecule has 0 aromatic heterocycles. The van der Waals surface area contributed by atoms with Crippen molar-refractivity contribution < 1.29 is 19.4 Å². The molecule has 0 saturated heterocycles. The van der Waals surface area contributed by atoms with Crippen LogP contribution < -0.4 is 0 Å². The van der Waals surface area contributed by atoms with Gasteiger partial charge in [-0.1, -0.05) is 18.5 Å². The van der Waals surface area contributed by atoms with Crippen LogP contribution in [0, 0.1) is 0 Å². The number of carboxylic acids is 1. The minimum atomic E-state index is -0.934. The second kappa shape index (κ2) is 7.70. The lowest BCUT2D eigenvalue weighted by Crippen LogP contribution is -1.94. The highest BCUT2D eigenvalue weighted by Gasteiger charge is 1.99. The summed E-state index contributed by atoms with van der Waals surface area (Å²) in [6, 6.07) is 6.02. The van der Waals surface area contributed by atoms with Gasteiger partial charge in [-0.25, -0.2) is 4.79 Å². The summed E-state index contributed by atoms with van der Waals surface area (Å²) in [5.74, 6) is -1.09. The van der Waals surface area contributed by atoms with Gasteiger partial charge < -0.3 is 9.84 Å². The number of aromatic carboxylic acids is 1. The Balaban J connectivity index is 0.000000325. The number of benzene rings is 1. The molecule has 0 heterocycles. The van der Waals surface area contributed by atoms with Crippen LogP contribution in [0.25, 0.3) is 0 Å². The zero-order chi connectivity index (χ0) is 12.6. The molecule has 0 amide bonds. The standard InChI is InChI=1S/C7H5ClO2.C4H8O2/c8-6-3-1-5(2-4-6)7(9)10;1-3-4(5)6-2/h1-4H,(H,9,10);3H2,1-2H3. The minimum absolute atomic E-state index is 0.157. The van der Waals surface area contributed by atoms with Crippen LogP contribution in [0.5, 0.6) is 0 Å². The molecule has 1 N–H and O–H groups in total. The third kappa shape index (κ3) is 6.03. The predicted octanol–water partition coefficient (Wildman–Crippen LogP) is 2.61. The Morgan fingerprint density at radius 1 is 1.31 bits per heavy atom. The van der Waals surface area contributed by atoms with E-state index in [4.69, 9.17) is 16.7 Å². The number of rotatable bonds is 2. The van der Waals surface area contributed by atoms with Crippen molar-refractivity contribution >= 4 is 23.5 Å². The first-order valence-corrected chi connectivity index (χ1v) is 4.94. The Labute approximate surface area is 98.8 Å². The molecule has 0 aliphatic rings. The van der Waals surface area contributed by atoms with Crippen molar-refractivity contribution in [2.24, 2.45) is 0 Å². The van der Waals surface area contributed by atoms with Crippen molar-refractivity contribution in [3.05, 3.63) is 34.9 Å². The van der Waals surface area contributed by atoms with Gasteiger partial charge in [0, 0.05) is 11.4 Å². The van der Waals surface area contributed by atoms with Crippen LogP contribution in [0.4, 0.5) is 0 Å². The van der Waals surface area contributed by atoms with E-state index < -0.39 is 5.97 Å². The molecule has 16 heavy (non-hydrogen) atoms. The molecule has 0 bridgehead atoms. The van der Waals surface area contributed by atoms with Crippen LogP contribution in [-0.4, -0.2) is 24.2 Å². The number of methoxy groups -OCH3 is 1. The summed E-state index contributed by atoms with van der Waals surface area (Å²) >= 11 is 5.52. The zero-order valence-electron chi connectivity index (χ0n) is 9.07. The monoisotopic (exact) mass is 244 g/mol. The SMILES string of the molecule is CCC(=O)OC.O=C(O)c1ccc(Cl)cc1. The first-order chi connectivity index (χ1) is 7.51. The third-order valence-electron chi connectivity index (χ3n) is 1.61. The van der Waals surface area contributed by atoms with Crippen LogP contribution in [-0.2, 0) is 9.53 Å². The number of carbonyl (C=O) groups excluding carboxylic acids is 1. The van der Waals surface area contributed by atoms with Gasteiger partial charge in [0.15, 0.2) is 0 Å². The molecule has 4 nitrogen and oxygen atoms in total. The van der Waals surface area contributed by atoms with Crippen LogP contribution in [0.15, 0.2) is 24.3 Å². The summed E-state index contributed by atoms with van der Waals surface area (Å²) in [5, 5.41) is 8.98. The van der Waals surface area contributed by atoms with E-state index >= 15 is 0 Å². The van der Waals surface area contributed by atoms with Gasteiger partial charge in [-0.15, -0.1) is 0 Å². The lowest BCUT2D eigenvalue weighted by atomic mass is 10.2. The average Bonchev–Trinajstić information content (AvgIpc) is 2.29. The van der Waals surface area contributed by atoms with Gasteiger partial charge in [-0.2, -0.15) is 0 Å². The Morgan fingerprint density at radius 2 is 1.81 bits per heavy atom. The van der Waals surface area contributed by atoms with E-state index in [-0.39, 0.29) is 11.5 Å². The Morgan fingerprint density at radius 3 is 2.06 bits per heavy atom. The Hall–Kier alpha value is -1.55. The lowest BCUT2D eigenvalue weighted by molar-refractivity contribution is -0.140. The topological polar surface area (TPSA) is 63.6 Å². The Kier molecular flexibility index (Phi) is 6.96. The number of ether oxygens (including phenoxy) is 1. The lowest BCUT2D eigenvalue weighted by Gasteiger charge is -1.91. The van der Waals surface area contributed by atoms with Gasteiger partial charge in [0.05, 0.1) is 12.7 Å². The highest BCUT2D eigenvalue weighted by molar-refractivity contribution is 6.30. The summed E-state index contributed by atoms with van der Waals surface area (Å²) in [6.45, 7) is 1.76. The van der Waals surface area contributed by atoms with Crippen molar-refractivity contribution in [1.29, 1.82) is 0 Å². The van der Waals surface area contributed by atoms with Crippen LogP contribution in [0.2, 0.25) is 5.02 Å². The molecule has 88 valence electrons. The number of carbonyl (C=O) groups is 2. The molecule has 0 unspecified atom stereocenters. The van der Waals surface area contributed by atoms with Gasteiger partial charge in [0.25, 0.3) is 0 Å². The summed E-state index contributed by atoms with van der Waals surface area (Å²) in [6.07, 6.45) is 0.469. The normalized spacial score (nSPS) is 8.69. The van der Waals surface area contributed by atoms with Gasteiger partial charge in [0.1, 0.15) is 0 Å². The van der Waals surface area contributed by atoms with Crippen LogP contribution in [0.3, 0.4) is 0 Å². The van der Waals surface area contributed by atoms with Crippen molar-refractivity contribution in [2.45, 2.75) is 13.3 Å². The quantitative estimate of drug-likeness (QED) is 0.813. The molecule has 0 atom stereocenters. The van der Waals surface area contributed by atoms with Gasteiger partial charge >= 0.3 is 11.9 Å². The predicted molar refractivity (Wildman–Crippen MR) is 60.7 cm³/mol. The summed E-state index contributed by atoms with van der Waals surface area (Å²) in [5.41, 5.74) is 0.254. The molecule has 0 radical (unpaired) electrons. The maximum absolute atomic E-state index is 10.3. The second-order valence-electron chi connectivity index (χ2n) is 2.74. The first-order valence-electron chi connectivity index (χ1n) is 4.57. The van der Waals surface area contributed by atoms with Crippen molar-refractivity contribution in [1.82, 2.24) is 0 Å². The van der Waals surface area contributed by atoms with Crippen molar-refractivity contribution in [3.63, 3.8) is 0 Å². The zero-order valence-corrected chi connectivity index (χ0v) is 9.82. The highest BCUT2D eigenvalue weighted by atomic mass is 35.5.